The zero-order chi connectivity index (χ0) is 13.1. The first kappa shape index (κ1) is 12.6. The highest BCUT2D eigenvalue weighted by molar-refractivity contribution is 9.10. The summed E-state index contributed by atoms with van der Waals surface area (Å²) in [7, 11) is 0. The molecule has 1 aromatic heterocycles. The van der Waals surface area contributed by atoms with Crippen molar-refractivity contribution < 1.29 is 9.90 Å². The number of aromatic hydroxyl groups is 1. The van der Waals surface area contributed by atoms with E-state index >= 15 is 0 Å². The van der Waals surface area contributed by atoms with Gasteiger partial charge in [0.15, 0.2) is 0 Å². The highest BCUT2D eigenvalue weighted by atomic mass is 79.9. The van der Waals surface area contributed by atoms with Crippen molar-refractivity contribution in [2.24, 2.45) is 0 Å². The third kappa shape index (κ3) is 2.87. The van der Waals surface area contributed by atoms with Gasteiger partial charge in [0, 0.05) is 10.7 Å². The van der Waals surface area contributed by atoms with Crippen LogP contribution < -0.4 is 5.32 Å². The minimum Gasteiger partial charge on any atom is -0.507 e. The monoisotopic (exact) mass is 306 g/mol. The molecule has 0 aliphatic rings. The molecule has 2 rings (SSSR count). The van der Waals surface area contributed by atoms with Crippen LogP contribution in [0.3, 0.4) is 0 Å². The molecule has 1 aromatic carbocycles. The Morgan fingerprint density at radius 2 is 2.11 bits per heavy atom. The van der Waals surface area contributed by atoms with Gasteiger partial charge in [-0.15, -0.1) is 0 Å². The number of benzene rings is 1. The van der Waals surface area contributed by atoms with Crippen LogP contribution in [0.15, 0.2) is 41.0 Å². The number of rotatable bonds is 2. The second-order valence-corrected chi connectivity index (χ2v) is 4.75. The van der Waals surface area contributed by atoms with Crippen LogP contribution in [0.5, 0.6) is 5.75 Å². The second kappa shape index (κ2) is 5.18. The molecule has 0 saturated heterocycles. The van der Waals surface area contributed by atoms with Crippen molar-refractivity contribution in [1.29, 1.82) is 0 Å². The van der Waals surface area contributed by atoms with Crippen LogP contribution in [-0.4, -0.2) is 16.0 Å². The van der Waals surface area contributed by atoms with Crippen molar-refractivity contribution in [2.75, 3.05) is 5.32 Å². The number of halogens is 1. The van der Waals surface area contributed by atoms with E-state index in [1.807, 2.05) is 13.0 Å². The van der Waals surface area contributed by atoms with Crippen LogP contribution in [0.4, 0.5) is 5.82 Å². The molecule has 0 spiro atoms. The molecule has 2 N–H and O–H groups in total. The summed E-state index contributed by atoms with van der Waals surface area (Å²) >= 11 is 3.25. The molecule has 0 radical (unpaired) electrons. The third-order valence-electron chi connectivity index (χ3n) is 2.36. The topological polar surface area (TPSA) is 62.2 Å². The van der Waals surface area contributed by atoms with E-state index < -0.39 is 5.91 Å². The van der Waals surface area contributed by atoms with E-state index in [9.17, 15) is 9.90 Å². The Morgan fingerprint density at radius 3 is 2.78 bits per heavy atom. The third-order valence-corrected chi connectivity index (χ3v) is 2.85. The number of phenols is 1. The lowest BCUT2D eigenvalue weighted by Gasteiger charge is -2.06. The highest BCUT2D eigenvalue weighted by Gasteiger charge is 2.12. The van der Waals surface area contributed by atoms with E-state index in [0.29, 0.717) is 5.82 Å². The lowest BCUT2D eigenvalue weighted by atomic mass is 10.2. The molecule has 0 aliphatic heterocycles. The van der Waals surface area contributed by atoms with Crippen LogP contribution in [0.25, 0.3) is 0 Å². The van der Waals surface area contributed by atoms with Gasteiger partial charge in [0.05, 0.1) is 5.56 Å². The summed E-state index contributed by atoms with van der Waals surface area (Å²) in [6.07, 6.45) is 1.66. The van der Waals surface area contributed by atoms with Crippen molar-refractivity contribution in [3.8, 4) is 5.75 Å². The molecule has 2 aromatic rings. The van der Waals surface area contributed by atoms with Crippen LogP contribution in [0, 0.1) is 6.92 Å². The van der Waals surface area contributed by atoms with E-state index in [1.165, 1.54) is 6.07 Å². The van der Waals surface area contributed by atoms with E-state index in [2.05, 4.69) is 26.2 Å². The number of amides is 1. The summed E-state index contributed by atoms with van der Waals surface area (Å²) in [5.41, 5.74) is 1.21. The maximum atomic E-state index is 11.9. The number of carbonyl (C=O) groups excluding carboxylic acids is 1. The van der Waals surface area contributed by atoms with Crippen LogP contribution >= 0.6 is 15.9 Å². The smallest absolute Gasteiger partial charge is 0.260 e. The molecule has 5 heteroatoms. The maximum Gasteiger partial charge on any atom is 0.260 e. The Labute approximate surface area is 113 Å². The van der Waals surface area contributed by atoms with E-state index in [0.717, 1.165) is 10.0 Å². The Kier molecular flexibility index (Phi) is 3.62. The van der Waals surface area contributed by atoms with Crippen LogP contribution in [-0.2, 0) is 0 Å². The zero-order valence-electron chi connectivity index (χ0n) is 9.64. The van der Waals surface area contributed by atoms with Gasteiger partial charge in [0.2, 0.25) is 0 Å². The number of pyridine rings is 1. The quantitative estimate of drug-likeness (QED) is 0.896. The number of hydrogen-bond donors (Lipinski definition) is 2. The summed E-state index contributed by atoms with van der Waals surface area (Å²) in [6.45, 7) is 1.92. The van der Waals surface area contributed by atoms with Gasteiger partial charge in [-0.2, -0.15) is 0 Å². The number of aromatic nitrogens is 1. The van der Waals surface area contributed by atoms with Gasteiger partial charge in [-0.3, -0.25) is 4.79 Å². The number of nitrogens with zero attached hydrogens (tertiary/aromatic N) is 1. The van der Waals surface area contributed by atoms with Crippen molar-refractivity contribution >= 4 is 27.7 Å². The van der Waals surface area contributed by atoms with Crippen molar-refractivity contribution in [3.05, 3.63) is 52.1 Å². The molecule has 1 heterocycles. The molecule has 0 aliphatic carbocycles. The van der Waals surface area contributed by atoms with Crippen LogP contribution in [0.2, 0.25) is 0 Å². The number of nitrogens with one attached hydrogen (secondary N) is 1. The van der Waals surface area contributed by atoms with E-state index in [-0.39, 0.29) is 11.3 Å². The Balaban J connectivity index is 2.21. The van der Waals surface area contributed by atoms with Gasteiger partial charge < -0.3 is 10.4 Å². The summed E-state index contributed by atoms with van der Waals surface area (Å²) in [5, 5.41) is 12.2. The largest absolute Gasteiger partial charge is 0.507 e. The molecule has 0 bridgehead atoms. The summed E-state index contributed by atoms with van der Waals surface area (Å²) < 4.78 is 0.724. The summed E-state index contributed by atoms with van der Waals surface area (Å²) in [4.78, 5) is 16.0. The second-order valence-electron chi connectivity index (χ2n) is 3.84. The Morgan fingerprint density at radius 1 is 1.33 bits per heavy atom. The predicted octanol–water partition coefficient (Wildman–Crippen LogP) is 3.11. The molecular weight excluding hydrogens is 296 g/mol. The first-order chi connectivity index (χ1) is 8.56. The van der Waals surface area contributed by atoms with Gasteiger partial charge in [-0.25, -0.2) is 4.98 Å². The summed E-state index contributed by atoms with van der Waals surface area (Å²) in [6, 6.07) is 8.24. The van der Waals surface area contributed by atoms with Crippen molar-refractivity contribution in [2.45, 2.75) is 6.92 Å². The average molecular weight is 307 g/mol. The first-order valence-corrected chi connectivity index (χ1v) is 6.08. The number of aryl methyl sites for hydroxylation is 1. The first-order valence-electron chi connectivity index (χ1n) is 5.29. The Bertz CT molecular complexity index is 582. The normalized spacial score (nSPS) is 10.1. The van der Waals surface area contributed by atoms with Crippen molar-refractivity contribution in [3.63, 3.8) is 0 Å². The molecule has 1 amide bonds. The lowest BCUT2D eigenvalue weighted by molar-refractivity contribution is 0.102. The molecular formula is C13H11BrN2O2. The number of hydrogen-bond acceptors (Lipinski definition) is 3. The SMILES string of the molecule is Cc1ccc(NC(=O)c2cc(Br)ccc2O)nc1. The molecule has 0 atom stereocenters. The number of anilines is 1. The molecule has 0 fully saturated rings. The van der Waals surface area contributed by atoms with Gasteiger partial charge in [0.25, 0.3) is 5.91 Å². The lowest BCUT2D eigenvalue weighted by Crippen LogP contribution is -2.13. The average Bonchev–Trinajstić information content (AvgIpc) is 2.35. The molecule has 92 valence electrons. The molecule has 0 unspecified atom stereocenters. The minimum absolute atomic E-state index is 0.0668. The minimum atomic E-state index is -0.398. The van der Waals surface area contributed by atoms with E-state index in [4.69, 9.17) is 0 Å². The maximum absolute atomic E-state index is 11.9. The van der Waals surface area contributed by atoms with Gasteiger partial charge >= 0.3 is 0 Å². The van der Waals surface area contributed by atoms with Gasteiger partial charge in [0.1, 0.15) is 11.6 Å². The standard InChI is InChI=1S/C13H11BrN2O2/c1-8-2-5-12(15-7-8)16-13(18)10-6-9(14)3-4-11(10)17/h2-7,17H,1H3,(H,15,16,18). The fourth-order valence-electron chi connectivity index (χ4n) is 1.42. The number of phenolic OH excluding ortho intramolecular Hbond substituents is 1. The van der Waals surface area contributed by atoms with Crippen molar-refractivity contribution in [1.82, 2.24) is 4.98 Å². The predicted molar refractivity (Wildman–Crippen MR) is 72.7 cm³/mol. The molecule has 18 heavy (non-hydrogen) atoms. The fraction of sp³-hybridized carbons (Fsp3) is 0.0769. The fourth-order valence-corrected chi connectivity index (χ4v) is 1.78. The summed E-state index contributed by atoms with van der Waals surface area (Å²) in [5.74, 6) is -0.0158. The number of carbonyl (C=O) groups is 1. The molecule has 0 saturated carbocycles. The Hall–Kier alpha value is -1.88. The highest BCUT2D eigenvalue weighted by Crippen LogP contribution is 2.22. The molecule has 4 nitrogen and oxygen atoms in total. The van der Waals surface area contributed by atoms with Gasteiger partial charge in [-0.05, 0) is 36.8 Å². The van der Waals surface area contributed by atoms with Crippen LogP contribution in [0.1, 0.15) is 15.9 Å². The van der Waals surface area contributed by atoms with Gasteiger partial charge in [-0.1, -0.05) is 22.0 Å². The zero-order valence-corrected chi connectivity index (χ0v) is 11.2. The van der Waals surface area contributed by atoms with E-state index in [1.54, 1.807) is 24.4 Å².